The molecule has 4 heterocycles. The molecule has 1 atom stereocenters. The van der Waals surface area contributed by atoms with Crippen LogP contribution in [0, 0.1) is 6.92 Å². The van der Waals surface area contributed by atoms with Crippen molar-refractivity contribution < 1.29 is 0 Å². The van der Waals surface area contributed by atoms with Crippen LogP contribution in [0.25, 0.3) is 16.7 Å². The Balaban J connectivity index is 1.56. The molecule has 5 rings (SSSR count). The predicted octanol–water partition coefficient (Wildman–Crippen LogP) is 4.12. The minimum Gasteiger partial charge on any atom is -0.355 e. The van der Waals surface area contributed by atoms with Crippen molar-refractivity contribution in [2.75, 3.05) is 37.4 Å². The molecule has 3 aromatic heterocycles. The third kappa shape index (κ3) is 3.24. The molecule has 8 heteroatoms. The average Bonchev–Trinajstić information content (AvgIpc) is 3.40. The molecular formula is C22H24ClN7. The van der Waals surface area contributed by atoms with Crippen LogP contribution in [0.15, 0.2) is 42.9 Å². The fourth-order valence-electron chi connectivity index (χ4n) is 4.06. The SMILES string of the molecule is Cc1cccc(Cl)c1Nc1nc2ccc(N3CC[C@H](N(C)C)C3)nc2n2cncc12. The highest BCUT2D eigenvalue weighted by molar-refractivity contribution is 6.33. The van der Waals surface area contributed by atoms with Crippen LogP contribution in [0.1, 0.15) is 12.0 Å². The maximum atomic E-state index is 6.42. The fourth-order valence-corrected chi connectivity index (χ4v) is 4.33. The van der Waals surface area contributed by atoms with Crippen LogP contribution in [-0.4, -0.2) is 57.5 Å². The first-order valence-electron chi connectivity index (χ1n) is 10.1. The number of hydrogen-bond donors (Lipinski definition) is 1. The van der Waals surface area contributed by atoms with E-state index in [0.717, 1.165) is 53.3 Å². The first kappa shape index (κ1) is 19.1. The summed E-state index contributed by atoms with van der Waals surface area (Å²) in [6.07, 6.45) is 4.73. The van der Waals surface area contributed by atoms with Crippen molar-refractivity contribution in [3.8, 4) is 0 Å². The second-order valence-corrected chi connectivity index (χ2v) is 8.44. The number of pyridine rings is 1. The van der Waals surface area contributed by atoms with Crippen molar-refractivity contribution in [1.29, 1.82) is 0 Å². The van der Waals surface area contributed by atoms with Gasteiger partial charge in [-0.15, -0.1) is 0 Å². The van der Waals surface area contributed by atoms with Crippen LogP contribution >= 0.6 is 11.6 Å². The topological polar surface area (TPSA) is 61.6 Å². The van der Waals surface area contributed by atoms with Crippen molar-refractivity contribution in [2.45, 2.75) is 19.4 Å². The molecule has 1 saturated heterocycles. The van der Waals surface area contributed by atoms with E-state index in [4.69, 9.17) is 21.6 Å². The normalized spacial score (nSPS) is 16.8. The van der Waals surface area contributed by atoms with E-state index in [1.165, 1.54) is 0 Å². The van der Waals surface area contributed by atoms with Crippen LogP contribution in [0.3, 0.4) is 0 Å². The molecule has 1 aromatic carbocycles. The second-order valence-electron chi connectivity index (χ2n) is 8.03. The van der Waals surface area contributed by atoms with Gasteiger partial charge in [0.2, 0.25) is 0 Å². The van der Waals surface area contributed by atoms with Crippen LogP contribution < -0.4 is 10.2 Å². The molecule has 1 aliphatic rings. The Morgan fingerprint density at radius 3 is 2.80 bits per heavy atom. The van der Waals surface area contributed by atoms with Gasteiger partial charge in [0.15, 0.2) is 11.5 Å². The van der Waals surface area contributed by atoms with E-state index in [2.05, 4.69) is 40.3 Å². The van der Waals surface area contributed by atoms with Crippen LogP contribution in [0.4, 0.5) is 17.3 Å². The molecule has 4 aromatic rings. The van der Waals surface area contributed by atoms with Gasteiger partial charge in [-0.1, -0.05) is 23.7 Å². The number of rotatable bonds is 4. The summed E-state index contributed by atoms with van der Waals surface area (Å²) in [5, 5.41) is 4.06. The number of anilines is 3. The molecule has 1 aliphatic heterocycles. The highest BCUT2D eigenvalue weighted by Crippen LogP contribution is 2.31. The molecule has 30 heavy (non-hydrogen) atoms. The molecule has 1 fully saturated rings. The van der Waals surface area contributed by atoms with E-state index in [0.29, 0.717) is 16.9 Å². The Hall–Kier alpha value is -2.90. The van der Waals surface area contributed by atoms with Gasteiger partial charge in [0.1, 0.15) is 23.2 Å². The number of hydrogen-bond acceptors (Lipinski definition) is 6. The molecule has 154 valence electrons. The predicted molar refractivity (Wildman–Crippen MR) is 122 cm³/mol. The smallest absolute Gasteiger partial charge is 0.166 e. The molecule has 0 spiro atoms. The van der Waals surface area contributed by atoms with Crippen molar-refractivity contribution in [1.82, 2.24) is 24.3 Å². The highest BCUT2D eigenvalue weighted by Gasteiger charge is 2.25. The van der Waals surface area contributed by atoms with Gasteiger partial charge in [-0.25, -0.2) is 15.0 Å². The summed E-state index contributed by atoms with van der Waals surface area (Å²) in [6.45, 7) is 4.01. The number of aromatic nitrogens is 4. The van der Waals surface area contributed by atoms with E-state index in [1.54, 1.807) is 12.5 Å². The summed E-state index contributed by atoms with van der Waals surface area (Å²) in [4.78, 5) is 18.8. The minimum atomic E-state index is 0.555. The van der Waals surface area contributed by atoms with Crippen LogP contribution in [-0.2, 0) is 0 Å². The largest absolute Gasteiger partial charge is 0.355 e. The number of para-hydroxylation sites is 1. The van der Waals surface area contributed by atoms with Gasteiger partial charge < -0.3 is 15.1 Å². The lowest BCUT2D eigenvalue weighted by Gasteiger charge is -2.21. The Bertz CT molecular complexity index is 1210. The summed E-state index contributed by atoms with van der Waals surface area (Å²) in [5.74, 6) is 1.69. The zero-order chi connectivity index (χ0) is 20.8. The Kier molecular flexibility index (Phi) is 4.72. The van der Waals surface area contributed by atoms with Gasteiger partial charge in [0.05, 0.1) is 16.9 Å². The summed E-state index contributed by atoms with van der Waals surface area (Å²) in [7, 11) is 4.27. The molecule has 0 amide bonds. The first-order valence-corrected chi connectivity index (χ1v) is 10.5. The summed E-state index contributed by atoms with van der Waals surface area (Å²) < 4.78 is 1.99. The molecule has 0 radical (unpaired) electrons. The van der Waals surface area contributed by atoms with E-state index in [1.807, 2.05) is 35.6 Å². The van der Waals surface area contributed by atoms with Crippen LogP contribution in [0.2, 0.25) is 5.02 Å². The Morgan fingerprint density at radius 2 is 2.03 bits per heavy atom. The van der Waals surface area contributed by atoms with Crippen molar-refractivity contribution in [3.63, 3.8) is 0 Å². The minimum absolute atomic E-state index is 0.555. The van der Waals surface area contributed by atoms with E-state index < -0.39 is 0 Å². The van der Waals surface area contributed by atoms with Crippen LogP contribution in [0.5, 0.6) is 0 Å². The van der Waals surface area contributed by atoms with Gasteiger partial charge in [0, 0.05) is 19.1 Å². The molecule has 0 unspecified atom stereocenters. The fraction of sp³-hybridized carbons (Fsp3) is 0.318. The van der Waals surface area contributed by atoms with E-state index in [9.17, 15) is 0 Å². The molecule has 1 N–H and O–H groups in total. The number of fused-ring (bicyclic) bond motifs is 3. The number of halogens is 1. The Morgan fingerprint density at radius 1 is 1.17 bits per heavy atom. The lowest BCUT2D eigenvalue weighted by atomic mass is 10.2. The van der Waals surface area contributed by atoms with Crippen molar-refractivity contribution in [2.24, 2.45) is 0 Å². The van der Waals surface area contributed by atoms with Gasteiger partial charge >= 0.3 is 0 Å². The van der Waals surface area contributed by atoms with E-state index in [-0.39, 0.29) is 0 Å². The summed E-state index contributed by atoms with van der Waals surface area (Å²) >= 11 is 6.42. The van der Waals surface area contributed by atoms with E-state index >= 15 is 0 Å². The number of nitrogens with one attached hydrogen (secondary N) is 1. The van der Waals surface area contributed by atoms with Gasteiger partial charge in [-0.2, -0.15) is 0 Å². The lowest BCUT2D eigenvalue weighted by Crippen LogP contribution is -2.31. The zero-order valence-corrected chi connectivity index (χ0v) is 18.1. The number of aryl methyl sites for hydroxylation is 1. The molecule has 0 saturated carbocycles. The molecular weight excluding hydrogens is 398 g/mol. The monoisotopic (exact) mass is 421 g/mol. The molecule has 0 bridgehead atoms. The number of benzene rings is 1. The van der Waals surface area contributed by atoms with Gasteiger partial charge in [-0.3, -0.25) is 4.40 Å². The lowest BCUT2D eigenvalue weighted by molar-refractivity contribution is 0.315. The quantitative estimate of drug-likeness (QED) is 0.534. The average molecular weight is 422 g/mol. The second kappa shape index (κ2) is 7.41. The number of nitrogens with zero attached hydrogens (tertiary/aromatic N) is 6. The summed E-state index contributed by atoms with van der Waals surface area (Å²) in [6, 6.07) is 10.5. The standard InChI is InChI=1S/C22H24ClN7/c1-14-5-4-6-16(23)20(14)27-21-18-11-24-13-30(18)22-17(25-21)7-8-19(26-22)29-10-9-15(12-29)28(2)3/h4-8,11,13,15H,9-10,12H2,1-3H3,(H,25,27)/t15-/m0/s1. The summed E-state index contributed by atoms with van der Waals surface area (Å²) in [5.41, 5.74) is 4.37. The molecule has 7 nitrogen and oxygen atoms in total. The Labute approximate surface area is 180 Å². The first-order chi connectivity index (χ1) is 14.5. The maximum absolute atomic E-state index is 6.42. The maximum Gasteiger partial charge on any atom is 0.166 e. The third-order valence-electron chi connectivity index (χ3n) is 5.86. The van der Waals surface area contributed by atoms with Crippen molar-refractivity contribution in [3.05, 3.63) is 53.4 Å². The molecule has 0 aliphatic carbocycles. The van der Waals surface area contributed by atoms with Gasteiger partial charge in [0.25, 0.3) is 0 Å². The number of imidazole rings is 1. The number of likely N-dealkylation sites (N-methyl/N-ethyl adjacent to an activating group) is 1. The van der Waals surface area contributed by atoms with Crippen molar-refractivity contribution >= 4 is 45.6 Å². The zero-order valence-electron chi connectivity index (χ0n) is 17.3. The van der Waals surface area contributed by atoms with Gasteiger partial charge in [-0.05, 0) is 51.2 Å². The third-order valence-corrected chi connectivity index (χ3v) is 6.18. The highest BCUT2D eigenvalue weighted by atomic mass is 35.5.